The van der Waals surface area contributed by atoms with Gasteiger partial charge in [-0.2, -0.15) is 5.10 Å². The van der Waals surface area contributed by atoms with Crippen LogP contribution in [0.4, 0.5) is 0 Å². The van der Waals surface area contributed by atoms with Gasteiger partial charge in [0.05, 0.1) is 17.7 Å². The minimum absolute atomic E-state index is 0.411. The molecule has 3 aromatic rings. The molecule has 0 saturated carbocycles. The molecular formula is C12H9N3O2S. The zero-order valence-electron chi connectivity index (χ0n) is 9.53. The van der Waals surface area contributed by atoms with Crippen LogP contribution in [0, 0.1) is 0 Å². The largest absolute Gasteiger partial charge is 0.465 e. The van der Waals surface area contributed by atoms with Crippen molar-refractivity contribution in [1.82, 2.24) is 14.6 Å². The van der Waals surface area contributed by atoms with Crippen LogP contribution in [0.5, 0.6) is 0 Å². The number of nitrogens with zero attached hydrogens (tertiary/aromatic N) is 3. The van der Waals surface area contributed by atoms with Gasteiger partial charge in [-0.25, -0.2) is 14.3 Å². The molecule has 6 heteroatoms. The molecule has 0 spiro atoms. The minimum Gasteiger partial charge on any atom is -0.465 e. The minimum atomic E-state index is -0.411. The summed E-state index contributed by atoms with van der Waals surface area (Å²) in [5.41, 5.74) is 1.83. The van der Waals surface area contributed by atoms with Crippen molar-refractivity contribution in [3.63, 3.8) is 0 Å². The van der Waals surface area contributed by atoms with Gasteiger partial charge in [0.15, 0.2) is 5.65 Å². The third-order valence-corrected chi connectivity index (χ3v) is 3.50. The monoisotopic (exact) mass is 259 g/mol. The first-order valence-corrected chi connectivity index (χ1v) is 6.14. The summed E-state index contributed by atoms with van der Waals surface area (Å²) in [6.45, 7) is 0. The summed E-state index contributed by atoms with van der Waals surface area (Å²) in [7, 11) is 1.35. The number of aromatic nitrogens is 3. The van der Waals surface area contributed by atoms with Crippen LogP contribution in [0.3, 0.4) is 0 Å². The Balaban J connectivity index is 2.26. The summed E-state index contributed by atoms with van der Waals surface area (Å²) in [4.78, 5) is 16.8. The maximum absolute atomic E-state index is 11.6. The van der Waals surface area contributed by atoms with Crippen LogP contribution < -0.4 is 0 Å². The van der Waals surface area contributed by atoms with Crippen LogP contribution in [-0.4, -0.2) is 27.7 Å². The predicted molar refractivity (Wildman–Crippen MR) is 67.6 cm³/mol. The zero-order valence-corrected chi connectivity index (χ0v) is 10.3. The summed E-state index contributed by atoms with van der Waals surface area (Å²) in [5, 5.41) is 6.15. The highest BCUT2D eigenvalue weighted by Gasteiger charge is 2.15. The number of hydrogen-bond acceptors (Lipinski definition) is 5. The third kappa shape index (κ3) is 1.58. The number of rotatable bonds is 2. The Morgan fingerprint density at radius 2 is 2.28 bits per heavy atom. The normalized spacial score (nSPS) is 10.7. The molecule has 0 aromatic carbocycles. The highest BCUT2D eigenvalue weighted by Crippen LogP contribution is 2.26. The fourth-order valence-electron chi connectivity index (χ4n) is 1.79. The fourth-order valence-corrected chi connectivity index (χ4v) is 2.53. The van der Waals surface area contributed by atoms with Crippen LogP contribution in [0.25, 0.3) is 16.2 Å². The molecule has 0 aliphatic carbocycles. The van der Waals surface area contributed by atoms with Gasteiger partial charge >= 0.3 is 5.97 Å². The van der Waals surface area contributed by atoms with E-state index in [1.165, 1.54) is 13.4 Å². The van der Waals surface area contributed by atoms with E-state index in [1.54, 1.807) is 21.9 Å². The number of pyridine rings is 1. The molecular weight excluding hydrogens is 250 g/mol. The van der Waals surface area contributed by atoms with E-state index in [0.717, 1.165) is 10.6 Å². The fraction of sp³-hybridized carbons (Fsp3) is 0.0833. The van der Waals surface area contributed by atoms with Crippen molar-refractivity contribution >= 4 is 23.0 Å². The van der Waals surface area contributed by atoms with Gasteiger partial charge in [0.1, 0.15) is 11.9 Å². The molecule has 5 nitrogen and oxygen atoms in total. The predicted octanol–water partition coefficient (Wildman–Crippen LogP) is 2.24. The third-order valence-electron chi connectivity index (χ3n) is 2.60. The smallest absolute Gasteiger partial charge is 0.341 e. The Hall–Kier alpha value is -2.21. The molecule has 0 saturated heterocycles. The van der Waals surface area contributed by atoms with Crippen molar-refractivity contribution in [2.45, 2.75) is 0 Å². The van der Waals surface area contributed by atoms with Crippen molar-refractivity contribution in [3.8, 4) is 10.6 Å². The number of fused-ring (bicyclic) bond motifs is 1. The van der Waals surface area contributed by atoms with Crippen LogP contribution >= 0.6 is 11.3 Å². The molecule has 0 amide bonds. The maximum Gasteiger partial charge on any atom is 0.341 e. The molecule has 0 unspecified atom stereocenters. The van der Waals surface area contributed by atoms with Crippen LogP contribution in [0.15, 0.2) is 36.0 Å². The number of esters is 1. The van der Waals surface area contributed by atoms with Gasteiger partial charge in [-0.3, -0.25) is 0 Å². The summed E-state index contributed by atoms with van der Waals surface area (Å²) < 4.78 is 6.38. The Kier molecular flexibility index (Phi) is 2.56. The lowest BCUT2D eigenvalue weighted by molar-refractivity contribution is 0.0602. The second kappa shape index (κ2) is 4.23. The van der Waals surface area contributed by atoms with Gasteiger partial charge in [-0.15, -0.1) is 11.3 Å². The first-order chi connectivity index (χ1) is 8.81. The van der Waals surface area contributed by atoms with E-state index in [4.69, 9.17) is 4.74 Å². The number of carbonyl (C=O) groups is 1. The number of carbonyl (C=O) groups excluding carboxylic acids is 1. The van der Waals surface area contributed by atoms with Gasteiger partial charge in [-0.05, 0) is 23.6 Å². The molecule has 90 valence electrons. The molecule has 0 aliphatic rings. The van der Waals surface area contributed by atoms with Crippen molar-refractivity contribution < 1.29 is 9.53 Å². The lowest BCUT2D eigenvalue weighted by atomic mass is 10.2. The summed E-state index contributed by atoms with van der Waals surface area (Å²) >= 11 is 1.61. The van der Waals surface area contributed by atoms with E-state index in [2.05, 4.69) is 10.1 Å². The first kappa shape index (κ1) is 10.9. The van der Waals surface area contributed by atoms with Crippen LogP contribution in [0.1, 0.15) is 10.4 Å². The summed E-state index contributed by atoms with van der Waals surface area (Å²) in [6, 6.07) is 7.53. The van der Waals surface area contributed by atoms with Crippen LogP contribution in [0.2, 0.25) is 0 Å². The number of thiophene rings is 1. The van der Waals surface area contributed by atoms with Gasteiger partial charge in [0, 0.05) is 0 Å². The molecule has 3 rings (SSSR count). The quantitative estimate of drug-likeness (QED) is 0.662. The van der Waals surface area contributed by atoms with E-state index in [0.29, 0.717) is 11.2 Å². The van der Waals surface area contributed by atoms with E-state index in [-0.39, 0.29) is 0 Å². The highest BCUT2D eigenvalue weighted by molar-refractivity contribution is 7.13. The van der Waals surface area contributed by atoms with Gasteiger partial charge in [-0.1, -0.05) is 6.07 Å². The molecule has 0 radical (unpaired) electrons. The Morgan fingerprint density at radius 3 is 3.00 bits per heavy atom. The summed E-state index contributed by atoms with van der Waals surface area (Å²) in [5.74, 6) is -0.411. The molecule has 0 fully saturated rings. The van der Waals surface area contributed by atoms with Crippen LogP contribution in [-0.2, 0) is 4.74 Å². The molecule has 3 aromatic heterocycles. The Bertz CT molecular complexity index is 703. The summed E-state index contributed by atoms with van der Waals surface area (Å²) in [6.07, 6.45) is 1.43. The maximum atomic E-state index is 11.6. The Morgan fingerprint density at radius 1 is 1.39 bits per heavy atom. The van der Waals surface area contributed by atoms with Crippen molar-refractivity contribution in [2.24, 2.45) is 0 Å². The van der Waals surface area contributed by atoms with E-state index >= 15 is 0 Å². The van der Waals surface area contributed by atoms with Crippen molar-refractivity contribution in [3.05, 3.63) is 41.5 Å². The first-order valence-electron chi connectivity index (χ1n) is 5.26. The average Bonchev–Trinajstić information content (AvgIpc) is 3.07. The number of hydrogen-bond donors (Lipinski definition) is 0. The second-order valence-electron chi connectivity index (χ2n) is 3.60. The van der Waals surface area contributed by atoms with Crippen molar-refractivity contribution in [2.75, 3.05) is 7.11 Å². The Labute approximate surface area is 107 Å². The van der Waals surface area contributed by atoms with Gasteiger partial charge in [0.2, 0.25) is 0 Å². The SMILES string of the molecule is COC(=O)c1ccc(-c2cccs2)n2ncnc12. The molecule has 3 heterocycles. The molecule has 18 heavy (non-hydrogen) atoms. The van der Waals surface area contributed by atoms with E-state index in [9.17, 15) is 4.79 Å². The van der Waals surface area contributed by atoms with Gasteiger partial charge < -0.3 is 4.74 Å². The lowest BCUT2D eigenvalue weighted by Gasteiger charge is -2.05. The molecule has 0 bridgehead atoms. The standard InChI is InChI=1S/C12H9N3O2S/c1-17-12(16)8-4-5-9(10-3-2-6-18-10)15-11(8)13-7-14-15/h2-7H,1H3. The van der Waals surface area contributed by atoms with E-state index < -0.39 is 5.97 Å². The average molecular weight is 259 g/mol. The molecule has 0 atom stereocenters. The second-order valence-corrected chi connectivity index (χ2v) is 4.54. The highest BCUT2D eigenvalue weighted by atomic mass is 32.1. The topological polar surface area (TPSA) is 56.5 Å². The van der Waals surface area contributed by atoms with Crippen molar-refractivity contribution in [1.29, 1.82) is 0 Å². The van der Waals surface area contributed by atoms with Gasteiger partial charge in [0.25, 0.3) is 0 Å². The number of methoxy groups -OCH3 is 1. The zero-order chi connectivity index (χ0) is 12.5. The number of ether oxygens (including phenoxy) is 1. The molecule has 0 aliphatic heterocycles. The molecule has 0 N–H and O–H groups in total. The lowest BCUT2D eigenvalue weighted by Crippen LogP contribution is -2.05. The van der Waals surface area contributed by atoms with E-state index in [1.807, 2.05) is 23.6 Å².